The van der Waals surface area contributed by atoms with Crippen molar-refractivity contribution in [2.75, 3.05) is 6.54 Å². The minimum atomic E-state index is -1.03. The van der Waals surface area contributed by atoms with Crippen LogP contribution in [0.5, 0.6) is 0 Å². The third kappa shape index (κ3) is 2.89. The Morgan fingerprint density at radius 1 is 1.24 bits per heavy atom. The second-order valence-electron chi connectivity index (χ2n) is 5.71. The van der Waals surface area contributed by atoms with Gasteiger partial charge in [0, 0.05) is 12.0 Å². The standard InChI is InChI=1S/C15H15F2NO3/c16-12-4-1-8(5-13(12)17)10-6-11(10)15(21)18(7-14(19)20)9-2-3-9/h1,4-5,9-11H,2-3,6-7H2,(H,19,20). The summed E-state index contributed by atoms with van der Waals surface area (Å²) in [6, 6.07) is 3.68. The Kier molecular flexibility index (Phi) is 3.39. The number of benzene rings is 1. The Morgan fingerprint density at radius 2 is 1.95 bits per heavy atom. The van der Waals surface area contributed by atoms with E-state index in [0.29, 0.717) is 12.0 Å². The molecule has 0 spiro atoms. The first-order chi connectivity index (χ1) is 9.97. The molecule has 1 N–H and O–H groups in total. The van der Waals surface area contributed by atoms with Crippen LogP contribution in [0.2, 0.25) is 0 Å². The van der Waals surface area contributed by atoms with E-state index in [4.69, 9.17) is 5.11 Å². The minimum Gasteiger partial charge on any atom is -0.480 e. The highest BCUT2D eigenvalue weighted by Crippen LogP contribution is 2.49. The lowest BCUT2D eigenvalue weighted by atomic mass is 10.1. The number of carbonyl (C=O) groups is 2. The quantitative estimate of drug-likeness (QED) is 0.905. The van der Waals surface area contributed by atoms with Crippen LogP contribution in [-0.4, -0.2) is 34.5 Å². The van der Waals surface area contributed by atoms with E-state index in [-0.39, 0.29) is 30.3 Å². The summed E-state index contributed by atoms with van der Waals surface area (Å²) in [5.41, 5.74) is 0.596. The number of hydrogen-bond acceptors (Lipinski definition) is 2. The molecule has 21 heavy (non-hydrogen) atoms. The Bertz CT molecular complexity index is 601. The van der Waals surface area contributed by atoms with Crippen molar-refractivity contribution < 1.29 is 23.5 Å². The van der Waals surface area contributed by atoms with Crippen molar-refractivity contribution in [3.05, 3.63) is 35.4 Å². The van der Waals surface area contributed by atoms with Crippen molar-refractivity contribution in [3.8, 4) is 0 Å². The van der Waals surface area contributed by atoms with E-state index >= 15 is 0 Å². The molecule has 3 rings (SSSR count). The fourth-order valence-electron chi connectivity index (χ4n) is 2.71. The van der Waals surface area contributed by atoms with Crippen LogP contribution in [0.1, 0.15) is 30.7 Å². The zero-order valence-electron chi connectivity index (χ0n) is 11.3. The lowest BCUT2D eigenvalue weighted by Crippen LogP contribution is -2.38. The first-order valence-corrected chi connectivity index (χ1v) is 6.94. The van der Waals surface area contributed by atoms with Crippen LogP contribution in [0.4, 0.5) is 8.78 Å². The van der Waals surface area contributed by atoms with Crippen molar-refractivity contribution in [3.63, 3.8) is 0 Å². The molecule has 2 aliphatic carbocycles. The Hall–Kier alpha value is -1.98. The summed E-state index contributed by atoms with van der Waals surface area (Å²) in [5.74, 6) is -3.49. The van der Waals surface area contributed by atoms with Crippen LogP contribution in [-0.2, 0) is 9.59 Å². The molecule has 1 aromatic rings. The number of amides is 1. The molecule has 0 radical (unpaired) electrons. The summed E-state index contributed by atoms with van der Waals surface area (Å²) in [5, 5.41) is 8.88. The molecule has 0 aromatic heterocycles. The predicted molar refractivity (Wildman–Crippen MR) is 69.6 cm³/mol. The summed E-state index contributed by atoms with van der Waals surface area (Å²) in [4.78, 5) is 24.6. The van der Waals surface area contributed by atoms with Crippen LogP contribution in [0.15, 0.2) is 18.2 Å². The number of aliphatic carboxylic acids is 1. The van der Waals surface area contributed by atoms with E-state index in [1.165, 1.54) is 11.0 Å². The molecule has 0 aliphatic heterocycles. The summed E-state index contributed by atoms with van der Waals surface area (Å²) in [6.45, 7) is -0.287. The zero-order chi connectivity index (χ0) is 15.1. The Labute approximate surface area is 120 Å². The topological polar surface area (TPSA) is 57.6 Å². The highest BCUT2D eigenvalue weighted by atomic mass is 19.2. The van der Waals surface area contributed by atoms with Crippen LogP contribution in [0.3, 0.4) is 0 Å². The van der Waals surface area contributed by atoms with Crippen molar-refractivity contribution in [1.82, 2.24) is 4.90 Å². The van der Waals surface area contributed by atoms with Gasteiger partial charge in [-0.05, 0) is 42.9 Å². The number of carbonyl (C=O) groups excluding carboxylic acids is 1. The molecule has 2 unspecified atom stereocenters. The van der Waals surface area contributed by atoms with Crippen molar-refractivity contribution in [2.45, 2.75) is 31.2 Å². The first kappa shape index (κ1) is 14.0. The van der Waals surface area contributed by atoms with Crippen molar-refractivity contribution >= 4 is 11.9 Å². The SMILES string of the molecule is O=C(O)CN(C(=O)C1CC1c1ccc(F)c(F)c1)C1CC1. The minimum absolute atomic E-state index is 0.0276. The Morgan fingerprint density at radius 3 is 2.52 bits per heavy atom. The molecule has 0 heterocycles. The first-order valence-electron chi connectivity index (χ1n) is 6.94. The number of rotatable bonds is 5. The molecule has 2 aliphatic rings. The van der Waals surface area contributed by atoms with Gasteiger partial charge >= 0.3 is 5.97 Å². The van der Waals surface area contributed by atoms with Gasteiger partial charge in [0.05, 0.1) is 0 Å². The van der Waals surface area contributed by atoms with Gasteiger partial charge < -0.3 is 10.0 Å². The summed E-state index contributed by atoms with van der Waals surface area (Å²) in [7, 11) is 0. The van der Waals surface area contributed by atoms with Gasteiger partial charge in [-0.2, -0.15) is 0 Å². The van der Waals surface area contributed by atoms with Crippen LogP contribution >= 0.6 is 0 Å². The molecule has 1 aromatic carbocycles. The number of halogens is 2. The summed E-state index contributed by atoms with van der Waals surface area (Å²) >= 11 is 0. The van der Waals surface area contributed by atoms with Gasteiger partial charge in [-0.1, -0.05) is 6.07 Å². The predicted octanol–water partition coefficient (Wildman–Crippen LogP) is 2.14. The smallest absolute Gasteiger partial charge is 0.323 e. The van der Waals surface area contributed by atoms with Crippen LogP contribution in [0.25, 0.3) is 0 Å². The van der Waals surface area contributed by atoms with Gasteiger partial charge in [-0.25, -0.2) is 8.78 Å². The molecule has 112 valence electrons. The Balaban J connectivity index is 1.69. The molecule has 1 amide bonds. The molecular weight excluding hydrogens is 280 g/mol. The third-order valence-electron chi connectivity index (χ3n) is 4.06. The fourth-order valence-corrected chi connectivity index (χ4v) is 2.71. The van der Waals surface area contributed by atoms with E-state index < -0.39 is 17.6 Å². The monoisotopic (exact) mass is 295 g/mol. The molecule has 2 atom stereocenters. The number of hydrogen-bond donors (Lipinski definition) is 1. The molecule has 0 saturated heterocycles. The highest BCUT2D eigenvalue weighted by Gasteiger charge is 2.48. The third-order valence-corrected chi connectivity index (χ3v) is 4.06. The van der Waals surface area contributed by atoms with Gasteiger partial charge in [0.15, 0.2) is 11.6 Å². The maximum Gasteiger partial charge on any atom is 0.323 e. The fraction of sp³-hybridized carbons (Fsp3) is 0.467. The number of nitrogens with zero attached hydrogens (tertiary/aromatic N) is 1. The second kappa shape index (κ2) is 5.09. The van der Waals surface area contributed by atoms with Crippen molar-refractivity contribution in [2.24, 2.45) is 5.92 Å². The molecular formula is C15H15F2NO3. The van der Waals surface area contributed by atoms with Crippen LogP contribution in [0, 0.1) is 17.6 Å². The van der Waals surface area contributed by atoms with Gasteiger partial charge in [0.25, 0.3) is 0 Å². The van der Waals surface area contributed by atoms with E-state index in [1.807, 2.05) is 0 Å². The zero-order valence-corrected chi connectivity index (χ0v) is 11.3. The lowest BCUT2D eigenvalue weighted by molar-refractivity contribution is -0.145. The van der Waals surface area contributed by atoms with Gasteiger partial charge in [-0.3, -0.25) is 9.59 Å². The maximum absolute atomic E-state index is 13.2. The van der Waals surface area contributed by atoms with Gasteiger partial charge in [0.1, 0.15) is 6.54 Å². The molecule has 4 nitrogen and oxygen atoms in total. The van der Waals surface area contributed by atoms with E-state index in [1.54, 1.807) is 0 Å². The lowest BCUT2D eigenvalue weighted by Gasteiger charge is -2.20. The maximum atomic E-state index is 13.2. The summed E-state index contributed by atoms with van der Waals surface area (Å²) < 4.78 is 26.1. The van der Waals surface area contributed by atoms with E-state index in [0.717, 1.165) is 25.0 Å². The van der Waals surface area contributed by atoms with E-state index in [2.05, 4.69) is 0 Å². The van der Waals surface area contributed by atoms with Gasteiger partial charge in [-0.15, -0.1) is 0 Å². The second-order valence-corrected chi connectivity index (χ2v) is 5.71. The average molecular weight is 295 g/mol. The van der Waals surface area contributed by atoms with E-state index in [9.17, 15) is 18.4 Å². The molecule has 2 saturated carbocycles. The van der Waals surface area contributed by atoms with Gasteiger partial charge in [0.2, 0.25) is 5.91 Å². The number of carboxylic acids is 1. The number of carboxylic acid groups (broad SMARTS) is 1. The highest BCUT2D eigenvalue weighted by molar-refractivity contribution is 5.86. The normalized spacial score (nSPS) is 23.7. The van der Waals surface area contributed by atoms with Crippen LogP contribution < -0.4 is 0 Å². The molecule has 6 heteroatoms. The summed E-state index contributed by atoms with van der Waals surface area (Å²) in [6.07, 6.45) is 2.23. The molecule has 2 fully saturated rings. The average Bonchev–Trinajstić information content (AvgIpc) is 3.30. The van der Waals surface area contributed by atoms with Crippen molar-refractivity contribution in [1.29, 1.82) is 0 Å². The largest absolute Gasteiger partial charge is 0.480 e. The molecule has 0 bridgehead atoms.